The van der Waals surface area contributed by atoms with Crippen LogP contribution in [-0.2, 0) is 9.47 Å². The van der Waals surface area contributed by atoms with Crippen LogP contribution >= 0.6 is 0 Å². The number of nitrogens with two attached hydrogens (primary N) is 1. The van der Waals surface area contributed by atoms with E-state index >= 15 is 0 Å². The smallest absolute Gasteiger partial charge is 0.146 e. The second-order valence-electron chi connectivity index (χ2n) is 3.68. The minimum atomic E-state index is -0.0726. The standard InChI is InChI=1S/C9H19NO2/c1-11-8-12-7-9(10)5-3-2-4-6-9/h2-8,10H2,1H3. The van der Waals surface area contributed by atoms with Crippen molar-refractivity contribution in [2.45, 2.75) is 37.6 Å². The maximum Gasteiger partial charge on any atom is 0.146 e. The molecule has 0 saturated heterocycles. The second-order valence-corrected chi connectivity index (χ2v) is 3.68. The second kappa shape index (κ2) is 4.80. The summed E-state index contributed by atoms with van der Waals surface area (Å²) in [5.74, 6) is 0. The highest BCUT2D eigenvalue weighted by Gasteiger charge is 2.27. The van der Waals surface area contributed by atoms with Crippen molar-refractivity contribution in [1.29, 1.82) is 0 Å². The van der Waals surface area contributed by atoms with Crippen LogP contribution < -0.4 is 5.73 Å². The van der Waals surface area contributed by atoms with Crippen molar-refractivity contribution in [3.05, 3.63) is 0 Å². The molecule has 0 aliphatic heterocycles. The van der Waals surface area contributed by atoms with Crippen LogP contribution in [0.3, 0.4) is 0 Å². The summed E-state index contributed by atoms with van der Waals surface area (Å²) < 4.78 is 10.1. The summed E-state index contributed by atoms with van der Waals surface area (Å²) in [4.78, 5) is 0. The normalized spacial score (nSPS) is 22.5. The lowest BCUT2D eigenvalue weighted by atomic mass is 9.83. The van der Waals surface area contributed by atoms with Gasteiger partial charge in [-0.05, 0) is 12.8 Å². The maximum absolute atomic E-state index is 6.12. The van der Waals surface area contributed by atoms with E-state index in [0.29, 0.717) is 13.4 Å². The average Bonchev–Trinajstić information content (AvgIpc) is 2.06. The van der Waals surface area contributed by atoms with Gasteiger partial charge in [0.05, 0.1) is 6.61 Å². The molecule has 72 valence electrons. The van der Waals surface area contributed by atoms with E-state index in [9.17, 15) is 0 Å². The fraction of sp³-hybridized carbons (Fsp3) is 1.00. The quantitative estimate of drug-likeness (QED) is 0.514. The van der Waals surface area contributed by atoms with Gasteiger partial charge in [-0.2, -0.15) is 0 Å². The fourth-order valence-electron chi connectivity index (χ4n) is 1.73. The van der Waals surface area contributed by atoms with Gasteiger partial charge >= 0.3 is 0 Å². The zero-order chi connectivity index (χ0) is 8.86. The molecule has 12 heavy (non-hydrogen) atoms. The summed E-state index contributed by atoms with van der Waals surface area (Å²) in [7, 11) is 1.63. The Morgan fingerprint density at radius 2 is 1.92 bits per heavy atom. The molecule has 0 aromatic heterocycles. The zero-order valence-electron chi connectivity index (χ0n) is 7.84. The molecule has 3 nitrogen and oxygen atoms in total. The molecule has 1 saturated carbocycles. The Hall–Kier alpha value is -0.120. The van der Waals surface area contributed by atoms with Crippen molar-refractivity contribution < 1.29 is 9.47 Å². The third-order valence-electron chi connectivity index (χ3n) is 2.44. The number of hydrogen-bond acceptors (Lipinski definition) is 3. The first-order valence-electron chi connectivity index (χ1n) is 4.62. The first-order chi connectivity index (χ1) is 5.77. The van der Waals surface area contributed by atoms with Gasteiger partial charge in [0.25, 0.3) is 0 Å². The van der Waals surface area contributed by atoms with E-state index in [1.807, 2.05) is 0 Å². The van der Waals surface area contributed by atoms with Crippen molar-refractivity contribution >= 4 is 0 Å². The van der Waals surface area contributed by atoms with Crippen LogP contribution in [0, 0.1) is 0 Å². The minimum absolute atomic E-state index is 0.0726. The predicted octanol–water partition coefficient (Wildman–Crippen LogP) is 1.27. The van der Waals surface area contributed by atoms with E-state index in [4.69, 9.17) is 15.2 Å². The number of hydrogen-bond donors (Lipinski definition) is 1. The van der Waals surface area contributed by atoms with Gasteiger partial charge in [-0.3, -0.25) is 0 Å². The number of methoxy groups -OCH3 is 1. The minimum Gasteiger partial charge on any atom is -0.359 e. The fourth-order valence-corrected chi connectivity index (χ4v) is 1.73. The van der Waals surface area contributed by atoms with Crippen molar-refractivity contribution in [3.8, 4) is 0 Å². The van der Waals surface area contributed by atoms with Crippen LogP contribution in [-0.4, -0.2) is 26.0 Å². The molecule has 1 fully saturated rings. The summed E-state index contributed by atoms with van der Waals surface area (Å²) in [6, 6.07) is 0. The molecule has 1 rings (SSSR count). The van der Waals surface area contributed by atoms with Crippen molar-refractivity contribution in [3.63, 3.8) is 0 Å². The summed E-state index contributed by atoms with van der Waals surface area (Å²) in [5, 5.41) is 0. The lowest BCUT2D eigenvalue weighted by molar-refractivity contribution is -0.0528. The highest BCUT2D eigenvalue weighted by Crippen LogP contribution is 2.25. The molecule has 0 aromatic rings. The van der Waals surface area contributed by atoms with Gasteiger partial charge in [0.1, 0.15) is 6.79 Å². The van der Waals surface area contributed by atoms with Gasteiger partial charge in [0.15, 0.2) is 0 Å². The topological polar surface area (TPSA) is 44.5 Å². The van der Waals surface area contributed by atoms with E-state index in [2.05, 4.69) is 0 Å². The monoisotopic (exact) mass is 173 g/mol. The Kier molecular flexibility index (Phi) is 3.98. The molecule has 0 radical (unpaired) electrons. The van der Waals surface area contributed by atoms with Crippen molar-refractivity contribution in [2.24, 2.45) is 5.73 Å². The predicted molar refractivity (Wildman–Crippen MR) is 47.8 cm³/mol. The Morgan fingerprint density at radius 1 is 1.25 bits per heavy atom. The molecular formula is C9H19NO2. The zero-order valence-corrected chi connectivity index (χ0v) is 7.84. The van der Waals surface area contributed by atoms with Crippen LogP contribution in [0.25, 0.3) is 0 Å². The van der Waals surface area contributed by atoms with Gasteiger partial charge in [-0.15, -0.1) is 0 Å². The molecule has 0 heterocycles. The van der Waals surface area contributed by atoms with Crippen LogP contribution in [0.5, 0.6) is 0 Å². The molecule has 0 atom stereocenters. The SMILES string of the molecule is COCOCC1(N)CCCCC1. The molecule has 1 aliphatic carbocycles. The maximum atomic E-state index is 6.12. The molecule has 0 spiro atoms. The van der Waals surface area contributed by atoms with Crippen LogP contribution in [0.4, 0.5) is 0 Å². The summed E-state index contributed by atoms with van der Waals surface area (Å²) in [5.41, 5.74) is 6.05. The third-order valence-corrected chi connectivity index (χ3v) is 2.44. The van der Waals surface area contributed by atoms with Crippen LogP contribution in [0.2, 0.25) is 0 Å². The van der Waals surface area contributed by atoms with Gasteiger partial charge < -0.3 is 15.2 Å². The summed E-state index contributed by atoms with van der Waals surface area (Å²) in [6.07, 6.45) is 6.00. The molecule has 0 unspecified atom stereocenters. The Morgan fingerprint density at radius 3 is 2.50 bits per heavy atom. The highest BCUT2D eigenvalue weighted by molar-refractivity contribution is 4.86. The van der Waals surface area contributed by atoms with Gasteiger partial charge in [-0.25, -0.2) is 0 Å². The number of rotatable bonds is 4. The summed E-state index contributed by atoms with van der Waals surface area (Å²) >= 11 is 0. The Bertz CT molecular complexity index is 122. The van der Waals surface area contributed by atoms with E-state index < -0.39 is 0 Å². The molecular weight excluding hydrogens is 154 g/mol. The third kappa shape index (κ3) is 3.09. The van der Waals surface area contributed by atoms with Gasteiger partial charge in [0, 0.05) is 12.6 Å². The van der Waals surface area contributed by atoms with E-state index in [-0.39, 0.29) is 5.54 Å². The first kappa shape index (κ1) is 9.96. The Balaban J connectivity index is 2.17. The van der Waals surface area contributed by atoms with Gasteiger partial charge in [-0.1, -0.05) is 19.3 Å². The number of ether oxygens (including phenoxy) is 2. The van der Waals surface area contributed by atoms with E-state index in [1.54, 1.807) is 7.11 Å². The lowest BCUT2D eigenvalue weighted by Gasteiger charge is -2.32. The van der Waals surface area contributed by atoms with E-state index in [1.165, 1.54) is 19.3 Å². The Labute approximate surface area is 74.2 Å². The highest BCUT2D eigenvalue weighted by atomic mass is 16.7. The first-order valence-corrected chi connectivity index (χ1v) is 4.62. The van der Waals surface area contributed by atoms with Crippen LogP contribution in [0.15, 0.2) is 0 Å². The van der Waals surface area contributed by atoms with Crippen LogP contribution in [0.1, 0.15) is 32.1 Å². The molecule has 0 bridgehead atoms. The lowest BCUT2D eigenvalue weighted by Crippen LogP contribution is -2.46. The van der Waals surface area contributed by atoms with Crippen molar-refractivity contribution in [2.75, 3.05) is 20.5 Å². The largest absolute Gasteiger partial charge is 0.359 e. The summed E-state index contributed by atoms with van der Waals surface area (Å²) in [6.45, 7) is 1.000. The molecule has 0 aromatic carbocycles. The molecule has 3 heteroatoms. The molecule has 1 aliphatic rings. The average molecular weight is 173 g/mol. The van der Waals surface area contributed by atoms with Crippen molar-refractivity contribution in [1.82, 2.24) is 0 Å². The van der Waals surface area contributed by atoms with Gasteiger partial charge in [0.2, 0.25) is 0 Å². The van der Waals surface area contributed by atoms with E-state index in [0.717, 1.165) is 12.8 Å². The molecule has 2 N–H and O–H groups in total. The molecule has 0 amide bonds.